The molecule has 0 amide bonds. The van der Waals surface area contributed by atoms with Crippen LogP contribution in [0.4, 0.5) is 0 Å². The Morgan fingerprint density at radius 1 is 0.253 bits per heavy atom. The monoisotopic (exact) mass is 1150 g/mol. The molecule has 0 aliphatic carbocycles. The number of carbonyl (C=O) groups is 3. The first-order valence-electron chi connectivity index (χ1n) is 34.7. The second kappa shape index (κ2) is 70.0. The fourth-order valence-corrected chi connectivity index (χ4v) is 9.49. The van der Waals surface area contributed by atoms with Crippen molar-refractivity contribution in [3.05, 3.63) is 134 Å². The smallest absolute Gasteiger partial charge is 0.306 e. The summed E-state index contributed by atoms with van der Waals surface area (Å²) in [5, 5.41) is 0. The van der Waals surface area contributed by atoms with Crippen LogP contribution >= 0.6 is 0 Å². The largest absolute Gasteiger partial charge is 0.462 e. The lowest BCUT2D eigenvalue weighted by Crippen LogP contribution is -2.30. The molecule has 0 aromatic rings. The summed E-state index contributed by atoms with van der Waals surface area (Å²) >= 11 is 0. The van der Waals surface area contributed by atoms with E-state index in [4.69, 9.17) is 14.2 Å². The van der Waals surface area contributed by atoms with Crippen LogP contribution in [0.25, 0.3) is 0 Å². The molecule has 6 nitrogen and oxygen atoms in total. The molecule has 472 valence electrons. The normalized spacial score (nSPS) is 13.0. The zero-order chi connectivity index (χ0) is 59.9. The van der Waals surface area contributed by atoms with Crippen LogP contribution in [0.15, 0.2) is 134 Å². The van der Waals surface area contributed by atoms with Gasteiger partial charge in [-0.05, 0) is 135 Å². The van der Waals surface area contributed by atoms with Gasteiger partial charge < -0.3 is 14.2 Å². The van der Waals surface area contributed by atoms with Crippen LogP contribution < -0.4 is 0 Å². The average molecular weight is 1150 g/mol. The van der Waals surface area contributed by atoms with Gasteiger partial charge in [0.15, 0.2) is 6.10 Å². The minimum absolute atomic E-state index is 0.0990. The van der Waals surface area contributed by atoms with Crippen molar-refractivity contribution in [3.63, 3.8) is 0 Å². The highest BCUT2D eigenvalue weighted by molar-refractivity contribution is 5.71. The number of hydrogen-bond acceptors (Lipinski definition) is 6. The minimum atomic E-state index is -0.809. The standard InChI is InChI=1S/C77H128O6/c1-4-7-10-13-16-19-22-25-27-29-31-33-34-35-36-37-38-39-40-41-42-44-45-47-49-52-55-58-61-64-67-70-76(79)82-73-74(72-81-75(78)69-66-63-60-57-54-51-24-21-18-15-12-9-6-3)83-77(80)71-68-65-62-59-56-53-50-48-46-43-32-30-28-26-23-20-17-14-11-8-5-2/h7-8,10-11,16-17,19-21,24-28,31-33,43,48,50,56,59,74H,4-6,9,12-15,18,22-23,29-30,34-42,44-47,49,51-55,57-58,60-73H2,1-3H3/b10-7-,11-8-,19-16-,20-17-,24-21-,27-25-,28-26-,33-31-,43-32-,50-48-,59-56-. The maximum absolute atomic E-state index is 12.9. The van der Waals surface area contributed by atoms with Crippen molar-refractivity contribution in [1.82, 2.24) is 0 Å². The summed E-state index contributed by atoms with van der Waals surface area (Å²) in [6, 6.07) is 0. The van der Waals surface area contributed by atoms with Crippen molar-refractivity contribution in [1.29, 1.82) is 0 Å². The van der Waals surface area contributed by atoms with E-state index in [1.807, 2.05) is 0 Å². The highest BCUT2D eigenvalue weighted by Crippen LogP contribution is 2.17. The molecule has 0 rings (SSSR count). The van der Waals surface area contributed by atoms with E-state index < -0.39 is 6.10 Å². The lowest BCUT2D eigenvalue weighted by atomic mass is 10.0. The van der Waals surface area contributed by atoms with Crippen LogP contribution in [-0.4, -0.2) is 37.2 Å². The molecule has 0 saturated carbocycles. The Balaban J connectivity index is 4.30. The molecule has 0 N–H and O–H groups in total. The minimum Gasteiger partial charge on any atom is -0.462 e. The third-order valence-corrected chi connectivity index (χ3v) is 14.6. The van der Waals surface area contributed by atoms with Gasteiger partial charge in [0.05, 0.1) is 0 Å². The summed E-state index contributed by atoms with van der Waals surface area (Å²) in [6.45, 7) is 6.38. The van der Waals surface area contributed by atoms with Crippen LogP contribution in [-0.2, 0) is 28.6 Å². The van der Waals surface area contributed by atoms with Gasteiger partial charge in [-0.25, -0.2) is 0 Å². The highest BCUT2D eigenvalue weighted by atomic mass is 16.6. The van der Waals surface area contributed by atoms with Gasteiger partial charge in [-0.1, -0.05) is 296 Å². The molecule has 0 aromatic carbocycles. The van der Waals surface area contributed by atoms with E-state index in [1.165, 1.54) is 141 Å². The van der Waals surface area contributed by atoms with Gasteiger partial charge in [-0.3, -0.25) is 14.4 Å². The molecule has 83 heavy (non-hydrogen) atoms. The van der Waals surface area contributed by atoms with Gasteiger partial charge in [0.1, 0.15) is 13.2 Å². The highest BCUT2D eigenvalue weighted by Gasteiger charge is 2.19. The fourth-order valence-electron chi connectivity index (χ4n) is 9.49. The first kappa shape index (κ1) is 78.5. The van der Waals surface area contributed by atoms with Gasteiger partial charge in [-0.2, -0.15) is 0 Å². The summed E-state index contributed by atoms with van der Waals surface area (Å²) in [5.41, 5.74) is 0. The number of allylic oxidation sites excluding steroid dienone is 22. The van der Waals surface area contributed by atoms with Crippen LogP contribution in [0.1, 0.15) is 316 Å². The van der Waals surface area contributed by atoms with Crippen LogP contribution in [0, 0.1) is 0 Å². The van der Waals surface area contributed by atoms with Gasteiger partial charge in [0.25, 0.3) is 0 Å². The third-order valence-electron chi connectivity index (χ3n) is 14.6. The van der Waals surface area contributed by atoms with Crippen LogP contribution in [0.3, 0.4) is 0 Å². The molecule has 0 fully saturated rings. The van der Waals surface area contributed by atoms with Gasteiger partial charge in [0.2, 0.25) is 0 Å². The molecule has 6 heteroatoms. The van der Waals surface area contributed by atoms with Crippen molar-refractivity contribution in [2.45, 2.75) is 322 Å². The number of esters is 3. The predicted molar refractivity (Wildman–Crippen MR) is 362 cm³/mol. The molecule has 0 bridgehead atoms. The molecule has 0 aromatic heterocycles. The van der Waals surface area contributed by atoms with E-state index in [0.717, 1.165) is 128 Å². The van der Waals surface area contributed by atoms with E-state index in [0.29, 0.717) is 19.3 Å². The van der Waals surface area contributed by atoms with Crippen molar-refractivity contribution in [2.75, 3.05) is 13.2 Å². The zero-order valence-electron chi connectivity index (χ0n) is 54.2. The number of rotatable bonds is 62. The van der Waals surface area contributed by atoms with Crippen LogP contribution in [0.5, 0.6) is 0 Å². The first-order valence-corrected chi connectivity index (χ1v) is 34.7. The summed E-state index contributed by atoms with van der Waals surface area (Å²) in [7, 11) is 0. The Morgan fingerprint density at radius 3 is 0.771 bits per heavy atom. The molecule has 0 aliphatic heterocycles. The SMILES string of the molecule is CC/C=C\C/C=C\C/C=C\C/C=C\C/C=C\C/C=C\CCCCC(=O)OC(COC(=O)CCCCCCC/C=C\CCCCCC)COC(=O)CCCCCCCCCCCCCCCCCCCC/C=C\C/C=C\C/C=C\C/C=C\CC. The second-order valence-corrected chi connectivity index (χ2v) is 22.7. The Labute approximate surface area is 513 Å². The van der Waals surface area contributed by atoms with Crippen molar-refractivity contribution in [2.24, 2.45) is 0 Å². The van der Waals surface area contributed by atoms with Crippen molar-refractivity contribution >= 4 is 17.9 Å². The number of unbranched alkanes of at least 4 members (excludes halogenated alkanes) is 29. The fraction of sp³-hybridized carbons (Fsp3) is 0.675. The Kier molecular flexibility index (Phi) is 66.3. The Bertz CT molecular complexity index is 1750. The van der Waals surface area contributed by atoms with Crippen molar-refractivity contribution in [3.8, 4) is 0 Å². The third kappa shape index (κ3) is 68.2. The maximum atomic E-state index is 12.9. The molecular weight excluding hydrogens is 1020 g/mol. The molecule has 1 unspecified atom stereocenters. The lowest BCUT2D eigenvalue weighted by Gasteiger charge is -2.18. The Morgan fingerprint density at radius 2 is 0.470 bits per heavy atom. The molecule has 0 radical (unpaired) electrons. The van der Waals surface area contributed by atoms with Gasteiger partial charge in [-0.15, -0.1) is 0 Å². The molecule has 0 heterocycles. The Hall–Kier alpha value is -4.45. The number of ether oxygens (including phenoxy) is 3. The summed E-state index contributed by atoms with van der Waals surface area (Å²) < 4.78 is 16.9. The zero-order valence-corrected chi connectivity index (χ0v) is 54.2. The predicted octanol–water partition coefficient (Wildman–Crippen LogP) is 24.1. The number of hydrogen-bond donors (Lipinski definition) is 0. The quantitative estimate of drug-likeness (QED) is 0.0261. The van der Waals surface area contributed by atoms with E-state index in [1.54, 1.807) is 0 Å². The maximum Gasteiger partial charge on any atom is 0.306 e. The number of carbonyl (C=O) groups excluding carboxylic acids is 3. The topological polar surface area (TPSA) is 78.9 Å². The van der Waals surface area contributed by atoms with E-state index >= 15 is 0 Å². The van der Waals surface area contributed by atoms with E-state index in [9.17, 15) is 14.4 Å². The summed E-state index contributed by atoms with van der Waals surface area (Å²) in [4.78, 5) is 38.4. The van der Waals surface area contributed by atoms with Gasteiger partial charge >= 0.3 is 17.9 Å². The second-order valence-electron chi connectivity index (χ2n) is 22.7. The molecule has 1 atom stereocenters. The molecule has 0 aliphatic rings. The summed E-state index contributed by atoms with van der Waals surface area (Å²) in [6.07, 6.45) is 99.1. The molecular formula is C77H128O6. The van der Waals surface area contributed by atoms with Crippen molar-refractivity contribution < 1.29 is 28.6 Å². The van der Waals surface area contributed by atoms with Gasteiger partial charge in [0, 0.05) is 19.3 Å². The molecule has 0 spiro atoms. The first-order chi connectivity index (χ1) is 41.0. The average Bonchev–Trinajstić information content (AvgIpc) is 3.49. The van der Waals surface area contributed by atoms with E-state index in [-0.39, 0.29) is 37.5 Å². The van der Waals surface area contributed by atoms with Crippen LogP contribution in [0.2, 0.25) is 0 Å². The molecule has 0 saturated heterocycles. The van der Waals surface area contributed by atoms with E-state index in [2.05, 4.69) is 154 Å². The summed E-state index contributed by atoms with van der Waals surface area (Å²) in [5.74, 6) is -0.944. The lowest BCUT2D eigenvalue weighted by molar-refractivity contribution is -0.167.